The molecular weight excluding hydrogens is 400 g/mol. The summed E-state index contributed by atoms with van der Waals surface area (Å²) in [5, 5.41) is 12.9. The van der Waals surface area contributed by atoms with Crippen LogP contribution in [-0.2, 0) is 4.79 Å². The van der Waals surface area contributed by atoms with Crippen LogP contribution < -0.4 is 10.6 Å². The Morgan fingerprint density at radius 1 is 1.15 bits per heavy atom. The zero-order valence-corrected chi connectivity index (χ0v) is 18.5. The van der Waals surface area contributed by atoms with E-state index in [0.29, 0.717) is 11.6 Å². The molecule has 0 saturated carbocycles. The fourth-order valence-corrected chi connectivity index (χ4v) is 5.21. The number of benzene rings is 1. The molecule has 9 heteroatoms. The lowest BCUT2D eigenvalue weighted by molar-refractivity contribution is -0.119. The second-order valence-corrected chi connectivity index (χ2v) is 10.4. The molecule has 0 aliphatic carbocycles. The third kappa shape index (κ3) is 7.15. The maximum atomic E-state index is 12.3. The van der Waals surface area contributed by atoms with Crippen molar-refractivity contribution in [2.24, 2.45) is 5.92 Å². The molecule has 1 unspecified atom stereocenters. The summed E-state index contributed by atoms with van der Waals surface area (Å²) in [4.78, 5) is 24.4. The van der Waals surface area contributed by atoms with Crippen LogP contribution in [0.4, 0.5) is 10.5 Å². The van der Waals surface area contributed by atoms with Gasteiger partial charge < -0.3 is 5.32 Å². The third-order valence-electron chi connectivity index (χ3n) is 3.44. The van der Waals surface area contributed by atoms with Crippen molar-refractivity contribution in [3.8, 4) is 0 Å². The zero-order valence-electron chi connectivity index (χ0n) is 16.0. The Hall–Kier alpha value is -1.58. The zero-order chi connectivity index (χ0) is 20.0. The molecule has 0 spiro atoms. The molecule has 0 saturated heterocycles. The lowest BCUT2D eigenvalue weighted by Gasteiger charge is -2.12. The second kappa shape index (κ2) is 10.1. The molecule has 1 aromatic heterocycles. The van der Waals surface area contributed by atoms with Crippen LogP contribution in [0.25, 0.3) is 0 Å². The summed E-state index contributed by atoms with van der Waals surface area (Å²) in [5.74, 6) is 1.19. The normalized spacial score (nSPS) is 12.1. The first-order chi connectivity index (χ1) is 12.7. The summed E-state index contributed by atoms with van der Waals surface area (Å²) in [6.45, 7) is 9.94. The highest BCUT2D eigenvalue weighted by Crippen LogP contribution is 2.31. The Kier molecular flexibility index (Phi) is 8.12. The van der Waals surface area contributed by atoms with E-state index in [0.717, 1.165) is 25.6 Å². The van der Waals surface area contributed by atoms with Gasteiger partial charge in [-0.25, -0.2) is 4.79 Å². The third-order valence-corrected chi connectivity index (χ3v) is 7.11. The molecule has 0 aliphatic rings. The van der Waals surface area contributed by atoms with Gasteiger partial charge in [-0.2, -0.15) is 0 Å². The summed E-state index contributed by atoms with van der Waals surface area (Å²) in [5.41, 5.74) is 2.74. The minimum absolute atomic E-state index is 0.367. The maximum absolute atomic E-state index is 12.3. The van der Waals surface area contributed by atoms with E-state index in [1.807, 2.05) is 32.0 Å². The number of thioether (sulfide) groups is 2. The standard InChI is InChI=1S/C18H24N4O2S3/c1-10(2)9-25-17-21-22-18(27-17)26-13(5)15(23)20-16(24)19-14-7-6-11(3)8-12(14)4/h6-8,10,13H,9H2,1-5H3,(H2,19,20,23,24). The van der Waals surface area contributed by atoms with E-state index in [-0.39, 0.29) is 5.91 Å². The van der Waals surface area contributed by atoms with E-state index >= 15 is 0 Å². The van der Waals surface area contributed by atoms with Crippen LogP contribution in [0.1, 0.15) is 31.9 Å². The SMILES string of the molecule is Cc1ccc(NC(=O)NC(=O)C(C)Sc2nnc(SCC(C)C)s2)c(C)c1. The Morgan fingerprint density at radius 2 is 1.85 bits per heavy atom. The Balaban J connectivity index is 1.85. The summed E-state index contributed by atoms with van der Waals surface area (Å²) in [6.07, 6.45) is 0. The van der Waals surface area contributed by atoms with Gasteiger partial charge in [-0.1, -0.05) is 66.4 Å². The number of carbonyl (C=O) groups excluding carboxylic acids is 2. The Bertz CT molecular complexity index is 808. The molecule has 3 amide bonds. The largest absolute Gasteiger partial charge is 0.325 e. The van der Waals surface area contributed by atoms with E-state index in [4.69, 9.17) is 0 Å². The topological polar surface area (TPSA) is 84.0 Å². The van der Waals surface area contributed by atoms with Gasteiger partial charge in [0.05, 0.1) is 5.25 Å². The fourth-order valence-electron chi connectivity index (χ4n) is 2.07. The number of nitrogens with one attached hydrogen (secondary N) is 2. The molecule has 1 aromatic carbocycles. The van der Waals surface area contributed by atoms with Gasteiger partial charge in [0.25, 0.3) is 0 Å². The number of amides is 3. The van der Waals surface area contributed by atoms with Crippen molar-refractivity contribution in [1.29, 1.82) is 0 Å². The predicted molar refractivity (Wildman–Crippen MR) is 114 cm³/mol. The first-order valence-electron chi connectivity index (χ1n) is 8.56. The van der Waals surface area contributed by atoms with Crippen molar-refractivity contribution in [3.63, 3.8) is 0 Å². The van der Waals surface area contributed by atoms with Crippen LogP contribution in [0.3, 0.4) is 0 Å². The average molecular weight is 425 g/mol. The van der Waals surface area contributed by atoms with Crippen LogP contribution in [0.5, 0.6) is 0 Å². The molecule has 6 nitrogen and oxygen atoms in total. The number of hydrogen-bond acceptors (Lipinski definition) is 7. The number of hydrogen-bond donors (Lipinski definition) is 2. The Labute approximate surface area is 172 Å². The van der Waals surface area contributed by atoms with Gasteiger partial charge in [0.1, 0.15) is 0 Å². The van der Waals surface area contributed by atoms with Crippen molar-refractivity contribution in [1.82, 2.24) is 15.5 Å². The van der Waals surface area contributed by atoms with Crippen molar-refractivity contribution in [3.05, 3.63) is 29.3 Å². The van der Waals surface area contributed by atoms with Gasteiger partial charge in [-0.05, 0) is 38.3 Å². The molecule has 0 fully saturated rings. The Morgan fingerprint density at radius 3 is 2.52 bits per heavy atom. The summed E-state index contributed by atoms with van der Waals surface area (Å²) < 4.78 is 1.62. The number of rotatable bonds is 7. The molecule has 0 bridgehead atoms. The number of carbonyl (C=O) groups is 2. The quantitative estimate of drug-likeness (QED) is 0.625. The molecule has 1 atom stereocenters. The van der Waals surface area contributed by atoms with Crippen LogP contribution >= 0.6 is 34.9 Å². The maximum Gasteiger partial charge on any atom is 0.325 e. The monoisotopic (exact) mass is 424 g/mol. The molecule has 146 valence electrons. The highest BCUT2D eigenvalue weighted by atomic mass is 32.2. The highest BCUT2D eigenvalue weighted by Gasteiger charge is 2.19. The molecule has 1 heterocycles. The number of aromatic nitrogens is 2. The highest BCUT2D eigenvalue weighted by molar-refractivity contribution is 8.03. The number of nitrogens with zero attached hydrogens (tertiary/aromatic N) is 2. The molecule has 2 aromatic rings. The van der Waals surface area contributed by atoms with E-state index < -0.39 is 11.3 Å². The molecular formula is C18H24N4O2S3. The van der Waals surface area contributed by atoms with Crippen molar-refractivity contribution in [2.45, 2.75) is 48.5 Å². The van der Waals surface area contributed by atoms with E-state index in [2.05, 4.69) is 34.7 Å². The molecule has 0 radical (unpaired) electrons. The van der Waals surface area contributed by atoms with Crippen LogP contribution in [0, 0.1) is 19.8 Å². The van der Waals surface area contributed by atoms with Crippen molar-refractivity contribution in [2.75, 3.05) is 11.1 Å². The number of urea groups is 1. The van der Waals surface area contributed by atoms with Crippen LogP contribution in [0.15, 0.2) is 26.9 Å². The van der Waals surface area contributed by atoms with Gasteiger partial charge in [-0.3, -0.25) is 10.1 Å². The first-order valence-corrected chi connectivity index (χ1v) is 11.2. The smallest absolute Gasteiger partial charge is 0.307 e. The first kappa shape index (κ1) is 21.7. The van der Waals surface area contributed by atoms with Crippen LogP contribution in [0.2, 0.25) is 0 Å². The summed E-state index contributed by atoms with van der Waals surface area (Å²) >= 11 is 4.43. The molecule has 2 rings (SSSR count). The minimum atomic E-state index is -0.537. The summed E-state index contributed by atoms with van der Waals surface area (Å²) in [7, 11) is 0. The number of aryl methyl sites for hydroxylation is 2. The van der Waals surface area contributed by atoms with Gasteiger partial charge in [0.15, 0.2) is 8.68 Å². The van der Waals surface area contributed by atoms with Crippen molar-refractivity contribution < 1.29 is 9.59 Å². The minimum Gasteiger partial charge on any atom is -0.307 e. The van der Waals surface area contributed by atoms with E-state index in [9.17, 15) is 9.59 Å². The van der Waals surface area contributed by atoms with E-state index in [1.54, 1.807) is 18.7 Å². The molecule has 27 heavy (non-hydrogen) atoms. The van der Waals surface area contributed by atoms with Gasteiger partial charge in [0, 0.05) is 11.4 Å². The summed E-state index contributed by atoms with van der Waals surface area (Å²) in [6, 6.07) is 5.17. The molecule has 2 N–H and O–H groups in total. The van der Waals surface area contributed by atoms with Gasteiger partial charge in [-0.15, -0.1) is 10.2 Å². The average Bonchev–Trinajstić information content (AvgIpc) is 3.03. The van der Waals surface area contributed by atoms with Gasteiger partial charge >= 0.3 is 6.03 Å². The predicted octanol–water partition coefficient (Wildman–Crippen LogP) is 4.73. The lowest BCUT2D eigenvalue weighted by atomic mass is 10.1. The van der Waals surface area contributed by atoms with Crippen molar-refractivity contribution >= 4 is 52.5 Å². The lowest BCUT2D eigenvalue weighted by Crippen LogP contribution is -2.39. The second-order valence-electron chi connectivity index (χ2n) is 6.56. The van der Waals surface area contributed by atoms with Gasteiger partial charge in [0.2, 0.25) is 5.91 Å². The van der Waals surface area contributed by atoms with Crippen LogP contribution in [-0.4, -0.2) is 33.1 Å². The van der Waals surface area contributed by atoms with E-state index in [1.165, 1.54) is 23.1 Å². The number of imide groups is 1. The molecule has 0 aliphatic heterocycles. The number of anilines is 1. The fraction of sp³-hybridized carbons (Fsp3) is 0.444.